The summed E-state index contributed by atoms with van der Waals surface area (Å²) in [5.41, 5.74) is 0.318. The van der Waals surface area contributed by atoms with Gasteiger partial charge in [-0.1, -0.05) is 6.07 Å². The highest BCUT2D eigenvalue weighted by Crippen LogP contribution is 2.19. The van der Waals surface area contributed by atoms with Crippen molar-refractivity contribution in [3.8, 4) is 0 Å². The number of rotatable bonds is 4. The highest BCUT2D eigenvalue weighted by Gasteiger charge is 2.29. The fraction of sp³-hybridized carbons (Fsp3) is 0.556. The summed E-state index contributed by atoms with van der Waals surface area (Å²) in [6.45, 7) is 4.90. The Bertz CT molecular complexity index is 814. The maximum absolute atomic E-state index is 12.8. The number of hydrogen-bond donors (Lipinski definition) is 0. The summed E-state index contributed by atoms with van der Waals surface area (Å²) in [4.78, 5) is 27.9. The van der Waals surface area contributed by atoms with Crippen LogP contribution in [-0.4, -0.2) is 93.6 Å². The van der Waals surface area contributed by atoms with Crippen LogP contribution in [0.2, 0.25) is 0 Å². The van der Waals surface area contributed by atoms with Gasteiger partial charge in [-0.05, 0) is 25.1 Å². The minimum absolute atomic E-state index is 0.102. The molecular weight excluding hydrogens is 386 g/mol. The summed E-state index contributed by atoms with van der Waals surface area (Å²) in [6.07, 6.45) is -0.381. The third kappa shape index (κ3) is 4.45. The van der Waals surface area contributed by atoms with Gasteiger partial charge in [0.1, 0.15) is 0 Å². The average molecular weight is 411 g/mol. The number of hydrogen-bond acceptors (Lipinski definition) is 6. The van der Waals surface area contributed by atoms with Crippen LogP contribution in [0.5, 0.6) is 0 Å². The second kappa shape index (κ2) is 8.89. The second-order valence-corrected chi connectivity index (χ2v) is 8.46. The molecule has 0 saturated carbocycles. The van der Waals surface area contributed by atoms with Gasteiger partial charge in [0, 0.05) is 44.8 Å². The molecule has 10 heteroatoms. The summed E-state index contributed by atoms with van der Waals surface area (Å²) in [5, 5.41) is 0. The van der Waals surface area contributed by atoms with Gasteiger partial charge in [-0.25, -0.2) is 13.2 Å². The molecule has 0 atom stereocenters. The molecule has 1 aromatic rings. The number of piperazine rings is 1. The van der Waals surface area contributed by atoms with Gasteiger partial charge in [0.05, 0.1) is 24.7 Å². The number of benzene rings is 1. The molecule has 0 radical (unpaired) electrons. The van der Waals surface area contributed by atoms with Crippen molar-refractivity contribution in [2.45, 2.75) is 11.8 Å². The van der Waals surface area contributed by atoms with Gasteiger partial charge in [-0.15, -0.1) is 0 Å². The van der Waals surface area contributed by atoms with Crippen LogP contribution >= 0.6 is 0 Å². The van der Waals surface area contributed by atoms with Crippen LogP contribution in [0.3, 0.4) is 0 Å². The predicted octanol–water partition coefficient (Wildman–Crippen LogP) is 0.622. The Morgan fingerprint density at radius 1 is 1.04 bits per heavy atom. The summed E-state index contributed by atoms with van der Waals surface area (Å²) in [5.74, 6) is -0.248. The van der Waals surface area contributed by atoms with Crippen LogP contribution in [0.1, 0.15) is 17.3 Å². The number of carbonyl (C=O) groups is 2. The van der Waals surface area contributed by atoms with Crippen molar-refractivity contribution in [1.29, 1.82) is 0 Å². The molecule has 2 aliphatic rings. The molecule has 28 heavy (non-hydrogen) atoms. The molecule has 0 N–H and O–H groups in total. The van der Waals surface area contributed by atoms with E-state index in [1.165, 1.54) is 16.4 Å². The first-order valence-electron chi connectivity index (χ1n) is 9.32. The summed E-state index contributed by atoms with van der Waals surface area (Å²) < 4.78 is 37.2. The smallest absolute Gasteiger partial charge is 0.409 e. The highest BCUT2D eigenvalue weighted by molar-refractivity contribution is 7.89. The topological polar surface area (TPSA) is 96.5 Å². The molecule has 0 spiro atoms. The molecule has 2 fully saturated rings. The summed E-state index contributed by atoms with van der Waals surface area (Å²) in [7, 11) is -3.66. The summed E-state index contributed by atoms with van der Waals surface area (Å²) >= 11 is 0. The normalized spacial score (nSPS) is 18.8. The molecule has 0 unspecified atom stereocenters. The maximum atomic E-state index is 12.8. The Hall–Kier alpha value is -2.17. The zero-order valence-corrected chi connectivity index (χ0v) is 16.7. The van der Waals surface area contributed by atoms with Crippen LogP contribution in [0.4, 0.5) is 4.79 Å². The molecule has 0 bridgehead atoms. The van der Waals surface area contributed by atoms with Crippen LogP contribution < -0.4 is 0 Å². The van der Waals surface area contributed by atoms with Crippen molar-refractivity contribution in [2.24, 2.45) is 0 Å². The fourth-order valence-corrected chi connectivity index (χ4v) is 4.67. The lowest BCUT2D eigenvalue weighted by Gasteiger charge is -2.34. The van der Waals surface area contributed by atoms with Gasteiger partial charge in [-0.2, -0.15) is 4.31 Å². The van der Waals surface area contributed by atoms with Crippen molar-refractivity contribution in [3.05, 3.63) is 29.8 Å². The molecule has 2 saturated heterocycles. The van der Waals surface area contributed by atoms with E-state index in [0.29, 0.717) is 64.7 Å². The van der Waals surface area contributed by atoms with E-state index in [1.54, 1.807) is 28.9 Å². The Labute approximate surface area is 164 Å². The minimum Gasteiger partial charge on any atom is -0.450 e. The first-order valence-corrected chi connectivity index (χ1v) is 10.8. The largest absolute Gasteiger partial charge is 0.450 e. The Kier molecular flexibility index (Phi) is 6.53. The van der Waals surface area contributed by atoms with Crippen molar-refractivity contribution >= 4 is 22.0 Å². The summed E-state index contributed by atoms with van der Waals surface area (Å²) in [6, 6.07) is 6.11. The number of ether oxygens (including phenoxy) is 2. The predicted molar refractivity (Wildman–Crippen MR) is 101 cm³/mol. The number of carbonyl (C=O) groups excluding carboxylic acids is 2. The van der Waals surface area contributed by atoms with Crippen molar-refractivity contribution in [3.63, 3.8) is 0 Å². The van der Waals surface area contributed by atoms with Gasteiger partial charge in [0.2, 0.25) is 10.0 Å². The molecule has 2 amide bonds. The lowest BCUT2D eigenvalue weighted by molar-refractivity contribution is 0.0570. The van der Waals surface area contributed by atoms with E-state index in [2.05, 4.69) is 0 Å². The molecule has 9 nitrogen and oxygen atoms in total. The lowest BCUT2D eigenvalue weighted by Crippen LogP contribution is -2.50. The first-order chi connectivity index (χ1) is 13.4. The van der Waals surface area contributed by atoms with Crippen LogP contribution in [0.25, 0.3) is 0 Å². The van der Waals surface area contributed by atoms with Crippen molar-refractivity contribution < 1.29 is 27.5 Å². The Morgan fingerprint density at radius 3 is 2.32 bits per heavy atom. The number of nitrogens with zero attached hydrogens (tertiary/aromatic N) is 3. The zero-order valence-electron chi connectivity index (χ0n) is 15.9. The van der Waals surface area contributed by atoms with Gasteiger partial charge >= 0.3 is 6.09 Å². The molecular formula is C18H25N3O6S. The van der Waals surface area contributed by atoms with Crippen molar-refractivity contribution in [2.75, 3.05) is 59.1 Å². The SMILES string of the molecule is CCOC(=O)N1CCN(C(=O)c2cccc(S(=O)(=O)N3CCOCC3)c2)CC1. The fourth-order valence-electron chi connectivity index (χ4n) is 3.22. The molecule has 2 heterocycles. The average Bonchev–Trinajstić information content (AvgIpc) is 2.74. The maximum Gasteiger partial charge on any atom is 0.409 e. The highest BCUT2D eigenvalue weighted by atomic mass is 32.2. The molecule has 0 aromatic heterocycles. The van der Waals surface area contributed by atoms with Gasteiger partial charge in [0.15, 0.2) is 0 Å². The van der Waals surface area contributed by atoms with Gasteiger partial charge in [0.25, 0.3) is 5.91 Å². The standard InChI is InChI=1S/C18H25N3O6S/c1-2-27-18(23)20-8-6-19(7-9-20)17(22)15-4-3-5-16(14-15)28(24,25)21-10-12-26-13-11-21/h3-5,14H,2,6-13H2,1H3. The van der Waals surface area contributed by atoms with E-state index in [4.69, 9.17) is 9.47 Å². The van der Waals surface area contributed by atoms with E-state index in [-0.39, 0.29) is 16.9 Å². The minimum atomic E-state index is -3.66. The van der Waals surface area contributed by atoms with E-state index < -0.39 is 10.0 Å². The number of amides is 2. The van der Waals surface area contributed by atoms with Gasteiger partial charge < -0.3 is 19.3 Å². The van der Waals surface area contributed by atoms with Crippen molar-refractivity contribution in [1.82, 2.24) is 14.1 Å². The monoisotopic (exact) mass is 411 g/mol. The van der Waals surface area contributed by atoms with E-state index in [9.17, 15) is 18.0 Å². The zero-order chi connectivity index (χ0) is 20.1. The third-order valence-electron chi connectivity index (χ3n) is 4.78. The van der Waals surface area contributed by atoms with E-state index >= 15 is 0 Å². The van der Waals surface area contributed by atoms with Gasteiger partial charge in [-0.3, -0.25) is 4.79 Å². The number of sulfonamides is 1. The molecule has 2 aliphatic heterocycles. The van der Waals surface area contributed by atoms with E-state index in [0.717, 1.165) is 0 Å². The number of morpholine rings is 1. The molecule has 0 aliphatic carbocycles. The molecule has 1 aromatic carbocycles. The van der Waals surface area contributed by atoms with Crippen LogP contribution in [0, 0.1) is 0 Å². The van der Waals surface area contributed by atoms with Crippen LogP contribution in [-0.2, 0) is 19.5 Å². The molecule has 154 valence electrons. The van der Waals surface area contributed by atoms with E-state index in [1.807, 2.05) is 0 Å². The Balaban J connectivity index is 1.68. The second-order valence-electron chi connectivity index (χ2n) is 6.52. The Morgan fingerprint density at radius 2 is 1.68 bits per heavy atom. The first kappa shape index (κ1) is 20.6. The lowest BCUT2D eigenvalue weighted by atomic mass is 10.2. The quantitative estimate of drug-likeness (QED) is 0.721. The molecule has 3 rings (SSSR count). The van der Waals surface area contributed by atoms with Crippen LogP contribution in [0.15, 0.2) is 29.2 Å². The third-order valence-corrected chi connectivity index (χ3v) is 6.68.